The monoisotopic (exact) mass is 352 g/mol. The van der Waals surface area contributed by atoms with Crippen LogP contribution in [0.1, 0.15) is 15.9 Å². The maximum Gasteiger partial charge on any atom is 0.255 e. The van der Waals surface area contributed by atoms with E-state index in [9.17, 15) is 13.6 Å². The van der Waals surface area contributed by atoms with Crippen molar-refractivity contribution in [1.29, 1.82) is 0 Å². The number of hydrogen-bond acceptors (Lipinski definition) is 2. The highest BCUT2D eigenvalue weighted by Gasteiger charge is 2.06. The van der Waals surface area contributed by atoms with Crippen molar-refractivity contribution in [3.8, 4) is 0 Å². The second kappa shape index (κ2) is 8.25. The van der Waals surface area contributed by atoms with Gasteiger partial charge in [0, 0.05) is 23.5 Å². The van der Waals surface area contributed by atoms with Gasteiger partial charge in [0.05, 0.1) is 0 Å². The molecule has 3 rings (SSSR count). The minimum absolute atomic E-state index is 0.236. The molecule has 0 saturated heterocycles. The van der Waals surface area contributed by atoms with Gasteiger partial charge in [-0.3, -0.25) is 4.79 Å². The van der Waals surface area contributed by atoms with Gasteiger partial charge in [-0.05, 0) is 72.6 Å². The van der Waals surface area contributed by atoms with E-state index in [1.165, 1.54) is 36.4 Å². The van der Waals surface area contributed by atoms with E-state index in [4.69, 9.17) is 0 Å². The molecule has 2 N–H and O–H groups in total. The number of amides is 1. The van der Waals surface area contributed by atoms with E-state index < -0.39 is 0 Å². The smallest absolute Gasteiger partial charge is 0.255 e. The van der Waals surface area contributed by atoms with E-state index in [0.29, 0.717) is 17.8 Å². The van der Waals surface area contributed by atoms with Gasteiger partial charge in [0.1, 0.15) is 11.6 Å². The lowest BCUT2D eigenvalue weighted by molar-refractivity contribution is 0.102. The summed E-state index contributed by atoms with van der Waals surface area (Å²) in [4.78, 5) is 12.1. The summed E-state index contributed by atoms with van der Waals surface area (Å²) in [7, 11) is 0. The van der Waals surface area contributed by atoms with Gasteiger partial charge in [-0.1, -0.05) is 12.1 Å². The molecule has 1 amide bonds. The lowest BCUT2D eigenvalue weighted by atomic mass is 10.1. The van der Waals surface area contributed by atoms with Crippen molar-refractivity contribution in [3.05, 3.63) is 95.6 Å². The van der Waals surface area contributed by atoms with Crippen LogP contribution in [0, 0.1) is 11.6 Å². The Kier molecular flexibility index (Phi) is 5.59. The Balaban J connectivity index is 1.50. The first-order valence-electron chi connectivity index (χ1n) is 8.25. The summed E-state index contributed by atoms with van der Waals surface area (Å²) in [6.07, 6.45) is 0.781. The van der Waals surface area contributed by atoms with Crippen molar-refractivity contribution in [2.24, 2.45) is 0 Å². The van der Waals surface area contributed by atoms with Crippen LogP contribution in [0.2, 0.25) is 0 Å². The molecule has 0 spiro atoms. The third kappa shape index (κ3) is 4.89. The molecule has 0 radical (unpaired) electrons. The zero-order chi connectivity index (χ0) is 18.4. The van der Waals surface area contributed by atoms with Crippen LogP contribution >= 0.6 is 0 Å². The van der Waals surface area contributed by atoms with Gasteiger partial charge in [0.25, 0.3) is 5.91 Å². The van der Waals surface area contributed by atoms with Crippen LogP contribution in [0.4, 0.5) is 20.2 Å². The van der Waals surface area contributed by atoms with Gasteiger partial charge in [-0.25, -0.2) is 8.78 Å². The Hall–Kier alpha value is -3.21. The largest absolute Gasteiger partial charge is 0.385 e. The van der Waals surface area contributed by atoms with E-state index >= 15 is 0 Å². The zero-order valence-electron chi connectivity index (χ0n) is 14.0. The summed E-state index contributed by atoms with van der Waals surface area (Å²) in [6.45, 7) is 0.715. The van der Waals surface area contributed by atoms with E-state index in [-0.39, 0.29) is 17.5 Å². The molecular formula is C21H18F2N2O. The standard InChI is InChI=1S/C21H18F2N2O/c22-17-5-1-15(2-6-17)13-14-24-19-9-11-20(12-10-19)25-21(26)16-3-7-18(23)8-4-16/h1-12,24H,13-14H2,(H,25,26). The molecule has 3 aromatic rings. The molecule has 0 aliphatic carbocycles. The number of anilines is 2. The molecule has 5 heteroatoms. The van der Waals surface area contributed by atoms with E-state index in [2.05, 4.69) is 10.6 Å². The Morgan fingerprint density at radius 1 is 0.731 bits per heavy atom. The van der Waals surface area contributed by atoms with Crippen molar-refractivity contribution in [2.45, 2.75) is 6.42 Å². The minimum Gasteiger partial charge on any atom is -0.385 e. The van der Waals surface area contributed by atoms with Gasteiger partial charge in [-0.15, -0.1) is 0 Å². The summed E-state index contributed by atoms with van der Waals surface area (Å²) < 4.78 is 25.8. The zero-order valence-corrected chi connectivity index (χ0v) is 14.0. The molecule has 26 heavy (non-hydrogen) atoms. The van der Waals surface area contributed by atoms with Gasteiger partial charge >= 0.3 is 0 Å². The lowest BCUT2D eigenvalue weighted by Gasteiger charge is -2.09. The molecule has 0 aliphatic rings. The first kappa shape index (κ1) is 17.6. The van der Waals surface area contributed by atoms with Gasteiger partial charge in [0.15, 0.2) is 0 Å². The molecular weight excluding hydrogens is 334 g/mol. The molecule has 3 aromatic carbocycles. The number of carbonyl (C=O) groups excluding carboxylic acids is 1. The molecule has 3 nitrogen and oxygen atoms in total. The topological polar surface area (TPSA) is 41.1 Å². The summed E-state index contributed by atoms with van der Waals surface area (Å²) in [5.41, 5.74) is 3.03. The fraction of sp³-hybridized carbons (Fsp3) is 0.0952. The minimum atomic E-state index is -0.377. The molecule has 0 unspecified atom stereocenters. The Labute approximate surface area is 150 Å². The first-order valence-corrected chi connectivity index (χ1v) is 8.25. The fourth-order valence-corrected chi connectivity index (χ4v) is 2.48. The molecule has 0 aromatic heterocycles. The van der Waals surface area contributed by atoms with Crippen molar-refractivity contribution in [1.82, 2.24) is 0 Å². The number of rotatable bonds is 6. The van der Waals surface area contributed by atoms with E-state index in [0.717, 1.165) is 17.7 Å². The maximum atomic E-state index is 12.9. The predicted molar refractivity (Wildman–Crippen MR) is 99.4 cm³/mol. The normalized spacial score (nSPS) is 10.4. The summed E-state index contributed by atoms with van der Waals surface area (Å²) in [5, 5.41) is 6.05. The molecule has 132 valence electrons. The molecule has 0 bridgehead atoms. The Morgan fingerprint density at radius 2 is 1.27 bits per heavy atom. The van der Waals surface area contributed by atoms with Crippen molar-refractivity contribution >= 4 is 17.3 Å². The van der Waals surface area contributed by atoms with Crippen LogP contribution in [0.25, 0.3) is 0 Å². The summed E-state index contributed by atoms with van der Waals surface area (Å²) in [5.74, 6) is -0.903. The highest BCUT2D eigenvalue weighted by atomic mass is 19.1. The molecule has 0 aliphatic heterocycles. The Morgan fingerprint density at radius 3 is 1.88 bits per heavy atom. The highest BCUT2D eigenvalue weighted by Crippen LogP contribution is 2.15. The lowest BCUT2D eigenvalue weighted by Crippen LogP contribution is -2.12. The van der Waals surface area contributed by atoms with Crippen LogP contribution in [-0.2, 0) is 6.42 Å². The van der Waals surface area contributed by atoms with Crippen molar-refractivity contribution in [3.63, 3.8) is 0 Å². The average Bonchev–Trinajstić information content (AvgIpc) is 2.65. The first-order chi connectivity index (χ1) is 12.6. The van der Waals surface area contributed by atoms with Crippen LogP contribution in [0.5, 0.6) is 0 Å². The SMILES string of the molecule is O=C(Nc1ccc(NCCc2ccc(F)cc2)cc1)c1ccc(F)cc1. The highest BCUT2D eigenvalue weighted by molar-refractivity contribution is 6.04. The number of benzene rings is 3. The fourth-order valence-electron chi connectivity index (χ4n) is 2.48. The van der Waals surface area contributed by atoms with Crippen molar-refractivity contribution in [2.75, 3.05) is 17.2 Å². The predicted octanol–water partition coefficient (Wildman–Crippen LogP) is 4.87. The van der Waals surface area contributed by atoms with Crippen LogP contribution in [0.15, 0.2) is 72.8 Å². The number of halogens is 2. The molecule has 0 atom stereocenters. The van der Waals surface area contributed by atoms with Crippen LogP contribution in [-0.4, -0.2) is 12.5 Å². The maximum absolute atomic E-state index is 12.9. The summed E-state index contributed by atoms with van der Waals surface area (Å²) in [6, 6.07) is 19.1. The van der Waals surface area contributed by atoms with E-state index in [1.54, 1.807) is 24.3 Å². The third-order valence-corrected chi connectivity index (χ3v) is 3.91. The quantitative estimate of drug-likeness (QED) is 0.664. The van der Waals surface area contributed by atoms with Crippen LogP contribution < -0.4 is 10.6 Å². The Bertz CT molecular complexity index is 860. The second-order valence-corrected chi connectivity index (χ2v) is 5.84. The number of carbonyl (C=O) groups is 1. The van der Waals surface area contributed by atoms with Crippen molar-refractivity contribution < 1.29 is 13.6 Å². The molecule has 0 saturated carbocycles. The molecule has 0 fully saturated rings. The van der Waals surface area contributed by atoms with Gasteiger partial charge in [0.2, 0.25) is 0 Å². The summed E-state index contributed by atoms with van der Waals surface area (Å²) >= 11 is 0. The molecule has 0 heterocycles. The van der Waals surface area contributed by atoms with E-state index in [1.807, 2.05) is 12.1 Å². The van der Waals surface area contributed by atoms with Crippen LogP contribution in [0.3, 0.4) is 0 Å². The average molecular weight is 352 g/mol. The van der Waals surface area contributed by atoms with Gasteiger partial charge < -0.3 is 10.6 Å². The van der Waals surface area contributed by atoms with Gasteiger partial charge in [-0.2, -0.15) is 0 Å². The third-order valence-electron chi connectivity index (χ3n) is 3.91. The number of nitrogens with one attached hydrogen (secondary N) is 2. The number of hydrogen-bond donors (Lipinski definition) is 2. The second-order valence-electron chi connectivity index (χ2n) is 5.84.